The number of benzene rings is 2. The first-order valence-electron chi connectivity index (χ1n) is 9.95. The molecule has 13 heteroatoms. The molecule has 9 nitrogen and oxygen atoms in total. The minimum Gasteiger partial charge on any atom is -0.337 e. The van der Waals surface area contributed by atoms with E-state index in [1.165, 1.54) is 23.2 Å². The molecule has 3 aromatic rings. The molecule has 2 atom stereocenters. The van der Waals surface area contributed by atoms with Gasteiger partial charge in [0, 0.05) is 10.6 Å². The maximum atomic E-state index is 13.1. The van der Waals surface area contributed by atoms with Gasteiger partial charge in [0.15, 0.2) is 12.1 Å². The summed E-state index contributed by atoms with van der Waals surface area (Å²) in [6.07, 6.45) is -4.52. The Morgan fingerprint density at radius 2 is 1.91 bits per heavy atom. The lowest BCUT2D eigenvalue weighted by atomic mass is 10.1. The lowest BCUT2D eigenvalue weighted by molar-refractivity contribution is -0.137. The first kappa shape index (κ1) is 22.0. The van der Waals surface area contributed by atoms with E-state index in [4.69, 9.17) is 16.1 Å². The first-order chi connectivity index (χ1) is 16.1. The van der Waals surface area contributed by atoms with Crippen LogP contribution in [0.5, 0.6) is 0 Å². The number of hydrogen-bond donors (Lipinski definition) is 0. The highest BCUT2D eigenvalue weighted by Crippen LogP contribution is 2.35. The molecule has 0 aliphatic carbocycles. The summed E-state index contributed by atoms with van der Waals surface area (Å²) in [6.45, 7) is 1.63. The molecule has 0 N–H and O–H groups in total. The number of aryl methyl sites for hydroxylation is 1. The lowest BCUT2D eigenvalue weighted by Gasteiger charge is -2.19. The Bertz CT molecular complexity index is 1340. The molecule has 1 fully saturated rings. The van der Waals surface area contributed by atoms with Crippen molar-refractivity contribution < 1.29 is 27.3 Å². The van der Waals surface area contributed by atoms with Gasteiger partial charge < -0.3 is 4.52 Å². The van der Waals surface area contributed by atoms with Crippen LogP contribution in [0.1, 0.15) is 17.0 Å². The number of halogens is 4. The monoisotopic (exact) mass is 490 g/mol. The summed E-state index contributed by atoms with van der Waals surface area (Å²) in [5.74, 6) is -1.16. The molecular formula is C21H14ClF3N6O3. The van der Waals surface area contributed by atoms with Crippen molar-refractivity contribution in [3.63, 3.8) is 0 Å². The molecule has 2 amide bonds. The Hall–Kier alpha value is -3.80. The number of imide groups is 1. The van der Waals surface area contributed by atoms with Crippen molar-refractivity contribution >= 4 is 29.1 Å². The number of carbonyl (C=O) groups excluding carboxylic acids is 2. The average Bonchev–Trinajstić information content (AvgIpc) is 3.48. The molecule has 174 valence electrons. The second kappa shape index (κ2) is 7.90. The van der Waals surface area contributed by atoms with Crippen molar-refractivity contribution in [2.24, 2.45) is 10.3 Å². The average molecular weight is 491 g/mol. The van der Waals surface area contributed by atoms with Crippen molar-refractivity contribution in [3.8, 4) is 11.4 Å². The zero-order chi connectivity index (χ0) is 24.2. The molecule has 0 unspecified atom stereocenters. The molecule has 0 bridgehead atoms. The molecule has 1 aromatic heterocycles. The quantitative estimate of drug-likeness (QED) is 0.507. The van der Waals surface area contributed by atoms with Gasteiger partial charge >= 0.3 is 6.18 Å². The standard InChI is InChI=1S/C21H14ClF3N6O3/c1-10-5-6-13(8-14(10)22)31-19(32)16-17(20(31)33)30(29-27-16)9-15-26-18(28-34-15)11-3-2-4-12(7-11)21(23,24)25/h2-8,16-17H,9H2,1H3/t16-,17-/m1/s1. The van der Waals surface area contributed by atoms with Gasteiger partial charge in [-0.3, -0.25) is 14.6 Å². The van der Waals surface area contributed by atoms with Crippen LogP contribution in [0.15, 0.2) is 57.3 Å². The van der Waals surface area contributed by atoms with Crippen LogP contribution in [0.25, 0.3) is 11.4 Å². The van der Waals surface area contributed by atoms with E-state index in [9.17, 15) is 22.8 Å². The van der Waals surface area contributed by atoms with Crippen molar-refractivity contribution in [2.45, 2.75) is 31.7 Å². The van der Waals surface area contributed by atoms with Crippen LogP contribution < -0.4 is 4.90 Å². The van der Waals surface area contributed by atoms with Crippen LogP contribution in [0.3, 0.4) is 0 Å². The summed E-state index contributed by atoms with van der Waals surface area (Å²) >= 11 is 6.14. The molecule has 0 saturated carbocycles. The Labute approximate surface area is 194 Å². The smallest absolute Gasteiger partial charge is 0.337 e. The molecule has 2 aliphatic rings. The summed E-state index contributed by atoms with van der Waals surface area (Å²) in [6, 6.07) is 7.26. The predicted molar refractivity (Wildman–Crippen MR) is 111 cm³/mol. The van der Waals surface area contributed by atoms with Crippen LogP contribution in [-0.2, 0) is 22.3 Å². The highest BCUT2D eigenvalue weighted by Gasteiger charge is 2.55. The number of carbonyl (C=O) groups is 2. The summed E-state index contributed by atoms with van der Waals surface area (Å²) < 4.78 is 44.1. The third-order valence-corrected chi connectivity index (χ3v) is 5.89. The third-order valence-electron chi connectivity index (χ3n) is 5.48. The normalized spacial score (nSPS) is 19.9. The molecular weight excluding hydrogens is 477 g/mol. The van der Waals surface area contributed by atoms with Crippen LogP contribution in [0.2, 0.25) is 5.02 Å². The molecule has 5 rings (SSSR count). The van der Waals surface area contributed by atoms with Crippen LogP contribution in [0, 0.1) is 6.92 Å². The topological polar surface area (TPSA) is 104 Å². The second-order valence-corrected chi connectivity index (χ2v) is 8.14. The largest absolute Gasteiger partial charge is 0.416 e. The van der Waals surface area contributed by atoms with Gasteiger partial charge in [-0.1, -0.05) is 40.2 Å². The number of alkyl halides is 3. The lowest BCUT2D eigenvalue weighted by Crippen LogP contribution is -2.39. The van der Waals surface area contributed by atoms with Crippen molar-refractivity contribution in [2.75, 3.05) is 4.90 Å². The highest BCUT2D eigenvalue weighted by molar-refractivity contribution is 6.32. The van der Waals surface area contributed by atoms with E-state index in [-0.39, 0.29) is 23.8 Å². The van der Waals surface area contributed by atoms with Crippen LogP contribution in [0.4, 0.5) is 18.9 Å². The van der Waals surface area contributed by atoms with E-state index in [1.807, 2.05) is 0 Å². The number of nitrogens with zero attached hydrogens (tertiary/aromatic N) is 6. The molecule has 2 aliphatic heterocycles. The fraction of sp³-hybridized carbons (Fsp3) is 0.238. The molecule has 1 saturated heterocycles. The summed E-state index contributed by atoms with van der Waals surface area (Å²) in [4.78, 5) is 31.0. The number of hydrogen-bond acceptors (Lipinski definition) is 8. The SMILES string of the molecule is Cc1ccc(N2C(=O)[C@@H]3N=NN(Cc4nc(-c5cccc(C(F)(F)F)c5)no4)[C@H]3C2=O)cc1Cl. The van der Waals surface area contributed by atoms with Gasteiger partial charge in [0.1, 0.15) is 6.54 Å². The minimum absolute atomic E-state index is 0.0101. The van der Waals surface area contributed by atoms with Gasteiger partial charge in [-0.15, -0.1) is 0 Å². The zero-order valence-electron chi connectivity index (χ0n) is 17.3. The summed E-state index contributed by atoms with van der Waals surface area (Å²) in [5, 5.41) is 13.2. The van der Waals surface area contributed by atoms with E-state index >= 15 is 0 Å². The van der Waals surface area contributed by atoms with E-state index in [0.717, 1.165) is 22.6 Å². The maximum Gasteiger partial charge on any atom is 0.416 e. The second-order valence-electron chi connectivity index (χ2n) is 7.73. The Morgan fingerprint density at radius 3 is 2.65 bits per heavy atom. The predicted octanol–water partition coefficient (Wildman–Crippen LogP) is 4.21. The van der Waals surface area contributed by atoms with Crippen molar-refractivity contribution in [3.05, 3.63) is 64.5 Å². The minimum atomic E-state index is -4.52. The Balaban J connectivity index is 1.36. The maximum absolute atomic E-state index is 13.1. The van der Waals surface area contributed by atoms with Crippen LogP contribution >= 0.6 is 11.6 Å². The first-order valence-corrected chi connectivity index (χ1v) is 10.3. The van der Waals surface area contributed by atoms with Gasteiger partial charge in [0.05, 0.1) is 11.3 Å². The molecule has 0 radical (unpaired) electrons. The van der Waals surface area contributed by atoms with E-state index in [1.54, 1.807) is 19.1 Å². The van der Waals surface area contributed by atoms with Gasteiger partial charge in [0.2, 0.25) is 11.7 Å². The number of aromatic nitrogens is 2. The summed E-state index contributed by atoms with van der Waals surface area (Å²) in [7, 11) is 0. The molecule has 2 aromatic carbocycles. The number of anilines is 1. The van der Waals surface area contributed by atoms with Gasteiger partial charge in [0.25, 0.3) is 11.8 Å². The fourth-order valence-corrected chi connectivity index (χ4v) is 3.91. The van der Waals surface area contributed by atoms with Gasteiger partial charge in [-0.05, 0) is 36.8 Å². The van der Waals surface area contributed by atoms with E-state index < -0.39 is 35.6 Å². The number of rotatable bonds is 4. The molecule has 3 heterocycles. The van der Waals surface area contributed by atoms with Crippen molar-refractivity contribution in [1.29, 1.82) is 0 Å². The number of amides is 2. The van der Waals surface area contributed by atoms with Gasteiger partial charge in [-0.25, -0.2) is 4.90 Å². The van der Waals surface area contributed by atoms with Gasteiger partial charge in [-0.2, -0.15) is 23.3 Å². The van der Waals surface area contributed by atoms with Crippen molar-refractivity contribution in [1.82, 2.24) is 15.1 Å². The summed E-state index contributed by atoms with van der Waals surface area (Å²) in [5.41, 5.74) is 0.373. The van der Waals surface area contributed by atoms with E-state index in [2.05, 4.69) is 20.5 Å². The fourth-order valence-electron chi connectivity index (χ4n) is 3.74. The Kier molecular flexibility index (Phi) is 5.12. The highest BCUT2D eigenvalue weighted by atomic mass is 35.5. The molecule has 34 heavy (non-hydrogen) atoms. The number of fused-ring (bicyclic) bond motifs is 1. The Morgan fingerprint density at radius 1 is 1.12 bits per heavy atom. The third kappa shape index (κ3) is 3.69. The molecule has 0 spiro atoms. The van der Waals surface area contributed by atoms with E-state index in [0.29, 0.717) is 10.7 Å². The zero-order valence-corrected chi connectivity index (χ0v) is 18.1. The van der Waals surface area contributed by atoms with Crippen LogP contribution in [-0.4, -0.2) is 39.0 Å².